The van der Waals surface area contributed by atoms with Crippen LogP contribution in [0.1, 0.15) is 0 Å². The SMILES string of the molecule is CP1(=O)c2ccccc2-c2cc(-c3cc(-c4cc(-c5ccccc5)nc(-c5ccccc5)n4)cc(-c4cc5ccccc5c5ccccc45)c3)ccc21. The molecule has 0 saturated heterocycles. The largest absolute Gasteiger partial charge is 0.314 e. The highest BCUT2D eigenvalue weighted by Gasteiger charge is 2.34. The lowest BCUT2D eigenvalue weighted by atomic mass is 9.89. The van der Waals surface area contributed by atoms with Gasteiger partial charge in [0, 0.05) is 27.3 Å². The van der Waals surface area contributed by atoms with E-state index in [0.717, 1.165) is 72.1 Å². The van der Waals surface area contributed by atoms with Crippen molar-refractivity contribution in [3.63, 3.8) is 0 Å². The predicted octanol–water partition coefficient (Wildman–Crippen LogP) is 12.0. The van der Waals surface area contributed by atoms with Crippen LogP contribution in [0.4, 0.5) is 0 Å². The van der Waals surface area contributed by atoms with E-state index in [1.54, 1.807) is 0 Å². The van der Waals surface area contributed by atoms with Crippen molar-refractivity contribution < 1.29 is 4.57 Å². The minimum atomic E-state index is -2.69. The summed E-state index contributed by atoms with van der Waals surface area (Å²) in [6.45, 7) is 1.89. The standard InChI is InChI=1S/C49H33N2OP/c1-53(52)47-23-13-12-22-42(47)44-29-34(24-25-48(44)53)36-26-37(43-30-35-18-8-9-19-39(35)40-20-10-11-21-41(40)43)28-38(27-36)46-31-45(32-14-4-2-5-15-32)50-49(51-46)33-16-6-3-7-17-33/h2-31H,1H3. The first-order valence-electron chi connectivity index (χ1n) is 17.9. The van der Waals surface area contributed by atoms with Crippen LogP contribution in [0.3, 0.4) is 0 Å². The van der Waals surface area contributed by atoms with Gasteiger partial charge in [-0.15, -0.1) is 0 Å². The minimum Gasteiger partial charge on any atom is -0.314 e. The summed E-state index contributed by atoms with van der Waals surface area (Å²) in [5, 5.41) is 6.71. The highest BCUT2D eigenvalue weighted by atomic mass is 31.2. The molecule has 0 fully saturated rings. The quantitative estimate of drug-likeness (QED) is 0.133. The van der Waals surface area contributed by atoms with Gasteiger partial charge in [-0.3, -0.25) is 0 Å². The van der Waals surface area contributed by atoms with Crippen LogP contribution in [-0.2, 0) is 4.57 Å². The number of aromatic nitrogens is 2. The Morgan fingerprint density at radius 2 is 0.962 bits per heavy atom. The number of benzene rings is 8. The molecule has 1 aliphatic rings. The first kappa shape index (κ1) is 31.3. The Morgan fingerprint density at radius 1 is 0.377 bits per heavy atom. The van der Waals surface area contributed by atoms with Crippen LogP contribution in [0.2, 0.25) is 0 Å². The smallest absolute Gasteiger partial charge is 0.160 e. The fourth-order valence-corrected chi connectivity index (χ4v) is 10.3. The van der Waals surface area contributed by atoms with Crippen LogP contribution < -0.4 is 10.6 Å². The average Bonchev–Trinajstić information content (AvgIpc) is 3.46. The Bertz CT molecular complexity index is 2880. The molecule has 4 heteroatoms. The lowest BCUT2D eigenvalue weighted by Crippen LogP contribution is -2.07. The van der Waals surface area contributed by atoms with Crippen LogP contribution in [0.15, 0.2) is 182 Å². The van der Waals surface area contributed by atoms with Crippen LogP contribution in [-0.4, -0.2) is 16.6 Å². The highest BCUT2D eigenvalue weighted by Crippen LogP contribution is 2.51. The predicted molar refractivity (Wildman–Crippen MR) is 222 cm³/mol. The van der Waals surface area contributed by atoms with E-state index in [1.807, 2.05) is 61.3 Å². The molecule has 8 aromatic carbocycles. The van der Waals surface area contributed by atoms with Gasteiger partial charge in [0.1, 0.15) is 7.14 Å². The molecule has 0 amide bonds. The Morgan fingerprint density at radius 3 is 1.75 bits per heavy atom. The Kier molecular flexibility index (Phi) is 7.32. The van der Waals surface area contributed by atoms with Gasteiger partial charge in [0.05, 0.1) is 11.4 Å². The maximum atomic E-state index is 14.1. The second-order valence-electron chi connectivity index (χ2n) is 13.9. The molecule has 53 heavy (non-hydrogen) atoms. The van der Waals surface area contributed by atoms with E-state index in [2.05, 4.69) is 127 Å². The van der Waals surface area contributed by atoms with Gasteiger partial charge >= 0.3 is 0 Å². The lowest BCUT2D eigenvalue weighted by Gasteiger charge is -2.16. The van der Waals surface area contributed by atoms with E-state index >= 15 is 0 Å². The first-order valence-corrected chi connectivity index (χ1v) is 20.1. The molecular formula is C49H33N2OP. The summed E-state index contributed by atoms with van der Waals surface area (Å²) in [6.07, 6.45) is 0. The van der Waals surface area contributed by atoms with Crippen molar-refractivity contribution in [1.29, 1.82) is 0 Å². The van der Waals surface area contributed by atoms with Crippen molar-refractivity contribution in [2.24, 2.45) is 0 Å². The fraction of sp³-hybridized carbons (Fsp3) is 0.0204. The van der Waals surface area contributed by atoms with Crippen molar-refractivity contribution in [2.45, 2.75) is 0 Å². The highest BCUT2D eigenvalue weighted by molar-refractivity contribution is 7.79. The summed E-state index contributed by atoms with van der Waals surface area (Å²) in [7, 11) is -2.69. The van der Waals surface area contributed by atoms with Gasteiger partial charge in [0.15, 0.2) is 5.82 Å². The van der Waals surface area contributed by atoms with Gasteiger partial charge in [-0.25, -0.2) is 9.97 Å². The van der Waals surface area contributed by atoms with Crippen LogP contribution in [0, 0.1) is 0 Å². The molecule has 9 aromatic rings. The number of nitrogens with zero attached hydrogens (tertiary/aromatic N) is 2. The van der Waals surface area contributed by atoms with Gasteiger partial charge < -0.3 is 4.57 Å². The van der Waals surface area contributed by atoms with Gasteiger partial charge in [0.25, 0.3) is 0 Å². The van der Waals surface area contributed by atoms with Crippen LogP contribution >= 0.6 is 7.14 Å². The molecule has 1 unspecified atom stereocenters. The second kappa shape index (κ2) is 12.4. The molecular weight excluding hydrogens is 664 g/mol. The van der Waals surface area contributed by atoms with E-state index in [1.165, 1.54) is 21.5 Å². The molecule has 250 valence electrons. The average molecular weight is 697 g/mol. The monoisotopic (exact) mass is 696 g/mol. The third kappa shape index (κ3) is 5.32. The van der Waals surface area contributed by atoms with Gasteiger partial charge in [-0.05, 0) is 104 Å². The summed E-state index contributed by atoms with van der Waals surface area (Å²) in [5.41, 5.74) is 11.2. The zero-order valence-corrected chi connectivity index (χ0v) is 30.0. The zero-order valence-electron chi connectivity index (χ0n) is 29.1. The number of rotatable bonds is 5. The summed E-state index contributed by atoms with van der Waals surface area (Å²) in [4.78, 5) is 10.3. The topological polar surface area (TPSA) is 42.9 Å². The van der Waals surface area contributed by atoms with E-state index in [0.29, 0.717) is 5.82 Å². The summed E-state index contributed by atoms with van der Waals surface area (Å²) in [5.74, 6) is 0.679. The molecule has 1 atom stereocenters. The van der Waals surface area contributed by atoms with E-state index in [4.69, 9.17) is 9.97 Å². The number of hydrogen-bond acceptors (Lipinski definition) is 3. The second-order valence-corrected chi connectivity index (χ2v) is 16.7. The number of fused-ring (bicyclic) bond motifs is 6. The van der Waals surface area contributed by atoms with Gasteiger partial charge in [-0.1, -0.05) is 140 Å². The molecule has 2 heterocycles. The Balaban J connectivity index is 1.25. The summed E-state index contributed by atoms with van der Waals surface area (Å²) < 4.78 is 14.1. The van der Waals surface area contributed by atoms with E-state index < -0.39 is 7.14 Å². The third-order valence-corrected chi connectivity index (χ3v) is 13.2. The molecule has 10 rings (SSSR count). The van der Waals surface area contributed by atoms with Gasteiger partial charge in [0.2, 0.25) is 0 Å². The van der Waals surface area contributed by atoms with E-state index in [9.17, 15) is 4.57 Å². The van der Waals surface area contributed by atoms with Crippen LogP contribution in [0.25, 0.3) is 88.8 Å². The normalized spacial score (nSPS) is 14.7. The Hall–Kier alpha value is -6.41. The molecule has 3 nitrogen and oxygen atoms in total. The van der Waals surface area contributed by atoms with Crippen molar-refractivity contribution >= 4 is 39.3 Å². The molecule has 1 aromatic heterocycles. The van der Waals surface area contributed by atoms with Crippen molar-refractivity contribution in [3.8, 4) is 67.3 Å². The lowest BCUT2D eigenvalue weighted by molar-refractivity contribution is 0.591. The van der Waals surface area contributed by atoms with Crippen molar-refractivity contribution in [3.05, 3.63) is 182 Å². The fourth-order valence-electron chi connectivity index (χ4n) is 7.97. The molecule has 0 saturated carbocycles. The van der Waals surface area contributed by atoms with Gasteiger partial charge in [-0.2, -0.15) is 0 Å². The Labute approximate surface area is 308 Å². The molecule has 0 N–H and O–H groups in total. The third-order valence-electron chi connectivity index (χ3n) is 10.6. The van der Waals surface area contributed by atoms with Crippen molar-refractivity contribution in [2.75, 3.05) is 6.66 Å². The minimum absolute atomic E-state index is 0.679. The first-order chi connectivity index (χ1) is 26.0. The van der Waals surface area contributed by atoms with E-state index in [-0.39, 0.29) is 0 Å². The van der Waals surface area contributed by atoms with Crippen LogP contribution in [0.5, 0.6) is 0 Å². The summed E-state index contributed by atoms with van der Waals surface area (Å²) >= 11 is 0. The molecule has 0 aliphatic carbocycles. The summed E-state index contributed by atoms with van der Waals surface area (Å²) in [6, 6.07) is 63.6. The maximum Gasteiger partial charge on any atom is 0.160 e. The molecule has 0 radical (unpaired) electrons. The van der Waals surface area contributed by atoms with Crippen molar-refractivity contribution in [1.82, 2.24) is 9.97 Å². The maximum absolute atomic E-state index is 14.1. The number of hydrogen-bond donors (Lipinski definition) is 0. The molecule has 1 aliphatic heterocycles. The zero-order chi connectivity index (χ0) is 35.5. The molecule has 0 bridgehead atoms. The molecule has 0 spiro atoms.